The van der Waals surface area contributed by atoms with E-state index in [0.717, 1.165) is 30.0 Å². The Hall–Kier alpha value is -0.430. The van der Waals surface area contributed by atoms with Crippen LogP contribution in [0.1, 0.15) is 10.4 Å². The number of nitrogens with zero attached hydrogens (tertiary/aromatic N) is 1. The maximum Gasteiger partial charge on any atom is 0.247 e. The highest BCUT2D eigenvalue weighted by atomic mass is 32.2. The van der Waals surface area contributed by atoms with Crippen molar-refractivity contribution in [1.82, 2.24) is 4.90 Å². The molecule has 0 fully saturated rings. The van der Waals surface area contributed by atoms with Gasteiger partial charge in [-0.15, -0.1) is 11.3 Å². The first kappa shape index (κ1) is 10.1. The number of fused-ring (bicyclic) bond motifs is 1. The highest BCUT2D eigenvalue weighted by Crippen LogP contribution is 2.29. The molecule has 4 nitrogen and oxygen atoms in total. The topological polar surface area (TPSA) is 63.4 Å². The summed E-state index contributed by atoms with van der Waals surface area (Å²) in [7, 11) is -1.49. The molecule has 0 saturated heterocycles. The maximum absolute atomic E-state index is 11.1. The fourth-order valence-corrected chi connectivity index (χ4v) is 3.65. The van der Waals surface area contributed by atoms with Crippen molar-refractivity contribution < 1.29 is 8.42 Å². The van der Waals surface area contributed by atoms with Crippen molar-refractivity contribution >= 4 is 21.4 Å². The molecule has 0 atom stereocenters. The first-order valence-corrected chi connectivity index (χ1v) is 6.66. The summed E-state index contributed by atoms with van der Waals surface area (Å²) in [6.45, 7) is 1.81. The van der Waals surface area contributed by atoms with E-state index in [-0.39, 0.29) is 4.21 Å². The lowest BCUT2D eigenvalue weighted by atomic mass is 10.1. The summed E-state index contributed by atoms with van der Waals surface area (Å²) in [6, 6.07) is 1.71. The van der Waals surface area contributed by atoms with E-state index in [1.54, 1.807) is 6.07 Å². The van der Waals surface area contributed by atoms with Crippen molar-refractivity contribution in [3.8, 4) is 0 Å². The summed E-state index contributed by atoms with van der Waals surface area (Å²) < 4.78 is 22.5. The monoisotopic (exact) mass is 232 g/mol. The molecular formula is C8H12N2O2S2. The minimum absolute atomic E-state index is 0.290. The van der Waals surface area contributed by atoms with Crippen LogP contribution in [0.2, 0.25) is 0 Å². The Labute approximate surface area is 87.4 Å². The number of rotatable bonds is 1. The second-order valence-corrected chi connectivity index (χ2v) is 6.47. The van der Waals surface area contributed by atoms with Gasteiger partial charge in [-0.05, 0) is 25.1 Å². The van der Waals surface area contributed by atoms with Crippen molar-refractivity contribution in [2.75, 3.05) is 13.6 Å². The molecule has 0 aromatic carbocycles. The molecule has 0 radical (unpaired) electrons. The van der Waals surface area contributed by atoms with Gasteiger partial charge in [-0.3, -0.25) is 0 Å². The molecule has 2 rings (SSSR count). The summed E-state index contributed by atoms with van der Waals surface area (Å²) in [5, 5.41) is 5.07. The molecule has 1 aromatic heterocycles. The van der Waals surface area contributed by atoms with Crippen molar-refractivity contribution in [3.63, 3.8) is 0 Å². The largest absolute Gasteiger partial charge is 0.301 e. The zero-order valence-corrected chi connectivity index (χ0v) is 9.49. The summed E-state index contributed by atoms with van der Waals surface area (Å²) in [6.07, 6.45) is 0.915. The van der Waals surface area contributed by atoms with Crippen LogP contribution in [0, 0.1) is 0 Å². The van der Waals surface area contributed by atoms with Crippen LogP contribution in [0.5, 0.6) is 0 Å². The van der Waals surface area contributed by atoms with E-state index in [4.69, 9.17) is 5.14 Å². The van der Waals surface area contributed by atoms with Gasteiger partial charge in [-0.2, -0.15) is 0 Å². The molecule has 2 heterocycles. The lowest BCUT2D eigenvalue weighted by Crippen LogP contribution is -2.24. The van der Waals surface area contributed by atoms with Gasteiger partial charge in [-0.1, -0.05) is 0 Å². The predicted octanol–water partition coefficient (Wildman–Crippen LogP) is 0.383. The quantitative estimate of drug-likeness (QED) is 0.761. The summed E-state index contributed by atoms with van der Waals surface area (Å²) in [5.74, 6) is 0. The van der Waals surface area contributed by atoms with Gasteiger partial charge in [-0.25, -0.2) is 13.6 Å². The molecule has 0 saturated carbocycles. The molecule has 0 aliphatic carbocycles. The molecular weight excluding hydrogens is 220 g/mol. The van der Waals surface area contributed by atoms with Gasteiger partial charge in [0.2, 0.25) is 10.0 Å². The summed E-state index contributed by atoms with van der Waals surface area (Å²) >= 11 is 1.29. The Morgan fingerprint density at radius 1 is 1.57 bits per heavy atom. The van der Waals surface area contributed by atoms with Gasteiger partial charge < -0.3 is 4.90 Å². The summed E-state index contributed by atoms with van der Waals surface area (Å²) in [5.41, 5.74) is 1.14. The zero-order valence-electron chi connectivity index (χ0n) is 7.86. The van der Waals surface area contributed by atoms with Gasteiger partial charge in [0.05, 0.1) is 0 Å². The minimum atomic E-state index is -3.51. The van der Waals surface area contributed by atoms with E-state index in [9.17, 15) is 8.42 Å². The molecule has 1 aliphatic heterocycles. The van der Waals surface area contributed by atoms with Crippen LogP contribution in [-0.4, -0.2) is 26.9 Å². The van der Waals surface area contributed by atoms with E-state index >= 15 is 0 Å². The third-order valence-corrected chi connectivity index (χ3v) is 4.91. The molecule has 1 aliphatic rings. The Morgan fingerprint density at radius 2 is 2.29 bits per heavy atom. The molecule has 0 unspecified atom stereocenters. The first-order chi connectivity index (χ1) is 6.47. The van der Waals surface area contributed by atoms with Crippen LogP contribution >= 0.6 is 11.3 Å². The van der Waals surface area contributed by atoms with E-state index in [1.807, 2.05) is 7.05 Å². The fourth-order valence-electron chi connectivity index (χ4n) is 1.56. The minimum Gasteiger partial charge on any atom is -0.301 e. The Morgan fingerprint density at radius 3 is 2.93 bits per heavy atom. The normalized spacial score (nSPS) is 18.1. The van der Waals surface area contributed by atoms with Crippen LogP contribution in [0.15, 0.2) is 10.3 Å². The van der Waals surface area contributed by atoms with E-state index in [1.165, 1.54) is 11.3 Å². The Balaban J connectivity index is 2.42. The molecule has 1 aromatic rings. The van der Waals surface area contributed by atoms with Crippen LogP contribution in [0.25, 0.3) is 0 Å². The number of thiophene rings is 1. The molecule has 0 spiro atoms. The maximum atomic E-state index is 11.1. The first-order valence-electron chi connectivity index (χ1n) is 4.30. The van der Waals surface area contributed by atoms with Crippen molar-refractivity contribution in [2.24, 2.45) is 5.14 Å². The van der Waals surface area contributed by atoms with Crippen molar-refractivity contribution in [3.05, 3.63) is 16.5 Å². The number of hydrogen-bond acceptors (Lipinski definition) is 4. The zero-order chi connectivity index (χ0) is 10.3. The van der Waals surface area contributed by atoms with Crippen LogP contribution in [0.4, 0.5) is 0 Å². The third kappa shape index (κ3) is 1.83. The van der Waals surface area contributed by atoms with Gasteiger partial charge in [0.25, 0.3) is 0 Å². The smallest absolute Gasteiger partial charge is 0.247 e. The van der Waals surface area contributed by atoms with Crippen molar-refractivity contribution in [1.29, 1.82) is 0 Å². The molecule has 6 heteroatoms. The lowest BCUT2D eigenvalue weighted by Gasteiger charge is -2.21. The number of likely N-dealkylation sites (N-methyl/N-ethyl adjacent to an activating group) is 1. The van der Waals surface area contributed by atoms with Crippen LogP contribution in [0.3, 0.4) is 0 Å². The van der Waals surface area contributed by atoms with Gasteiger partial charge >= 0.3 is 0 Å². The molecule has 2 N–H and O–H groups in total. The van der Waals surface area contributed by atoms with Gasteiger partial charge in [0.1, 0.15) is 4.21 Å². The van der Waals surface area contributed by atoms with Gasteiger partial charge in [0, 0.05) is 18.0 Å². The predicted molar refractivity (Wildman–Crippen MR) is 55.7 cm³/mol. The molecule has 0 amide bonds. The lowest BCUT2D eigenvalue weighted by molar-refractivity contribution is 0.317. The SMILES string of the molecule is CN1CCc2cc(S(N)(=O)=O)sc2C1. The Bertz CT molecular complexity index is 450. The van der Waals surface area contributed by atoms with E-state index in [2.05, 4.69) is 4.90 Å². The fraction of sp³-hybridized carbons (Fsp3) is 0.500. The second-order valence-electron chi connectivity index (χ2n) is 3.55. The van der Waals surface area contributed by atoms with Crippen molar-refractivity contribution in [2.45, 2.75) is 17.2 Å². The molecule has 14 heavy (non-hydrogen) atoms. The van der Waals surface area contributed by atoms with E-state index < -0.39 is 10.0 Å². The van der Waals surface area contributed by atoms with E-state index in [0.29, 0.717) is 0 Å². The summed E-state index contributed by atoms with van der Waals surface area (Å²) in [4.78, 5) is 3.30. The Kier molecular flexibility index (Phi) is 2.38. The standard InChI is InChI=1S/C8H12N2O2S2/c1-10-3-2-6-4-8(14(9,11)12)13-7(6)5-10/h4H,2-3,5H2,1H3,(H2,9,11,12). The average molecular weight is 232 g/mol. The van der Waals surface area contributed by atoms with Gasteiger partial charge in [0.15, 0.2) is 0 Å². The molecule has 78 valence electrons. The van der Waals surface area contributed by atoms with Crippen LogP contribution < -0.4 is 5.14 Å². The highest BCUT2D eigenvalue weighted by Gasteiger charge is 2.20. The van der Waals surface area contributed by atoms with Crippen LogP contribution in [-0.2, 0) is 23.0 Å². The number of primary sulfonamides is 1. The second kappa shape index (κ2) is 3.30. The number of hydrogen-bond donors (Lipinski definition) is 1. The molecule has 0 bridgehead atoms. The average Bonchev–Trinajstić information content (AvgIpc) is 2.45. The number of nitrogens with two attached hydrogens (primary N) is 1. The third-order valence-electron chi connectivity index (χ3n) is 2.33. The highest BCUT2D eigenvalue weighted by molar-refractivity contribution is 7.91. The number of sulfonamides is 1.